The number of hydrogen-bond donors (Lipinski definition) is 2. The minimum Gasteiger partial charge on any atom is -0.378 e. The lowest BCUT2D eigenvalue weighted by Gasteiger charge is -2.26. The van der Waals surface area contributed by atoms with Gasteiger partial charge >= 0.3 is 0 Å². The second kappa shape index (κ2) is 12.1. The van der Waals surface area contributed by atoms with Gasteiger partial charge in [-0.15, -0.1) is 11.3 Å². The Labute approximate surface area is 252 Å². The number of halogens is 1. The van der Waals surface area contributed by atoms with Crippen molar-refractivity contribution in [1.82, 2.24) is 14.5 Å². The number of benzene rings is 1. The van der Waals surface area contributed by atoms with Gasteiger partial charge in [0.05, 0.1) is 23.7 Å². The van der Waals surface area contributed by atoms with Gasteiger partial charge in [-0.3, -0.25) is 14.4 Å². The molecule has 1 saturated heterocycles. The van der Waals surface area contributed by atoms with Crippen molar-refractivity contribution in [3.8, 4) is 11.1 Å². The molecule has 2 aliphatic rings. The molecular weight excluding hydrogens is 569 g/mol. The van der Waals surface area contributed by atoms with Crippen molar-refractivity contribution in [2.45, 2.75) is 32.6 Å². The maximum atomic E-state index is 14.9. The first-order valence-corrected chi connectivity index (χ1v) is 15.1. The van der Waals surface area contributed by atoms with E-state index in [0.717, 1.165) is 25.7 Å². The Morgan fingerprint density at radius 2 is 1.84 bits per heavy atom. The highest BCUT2D eigenvalue weighted by Crippen LogP contribution is 2.33. The molecule has 0 radical (unpaired) electrons. The summed E-state index contributed by atoms with van der Waals surface area (Å²) < 4.78 is 21.6. The molecule has 1 fully saturated rings. The Morgan fingerprint density at radius 1 is 1.05 bits per heavy atom. The van der Waals surface area contributed by atoms with E-state index in [1.807, 2.05) is 13.0 Å². The predicted octanol–water partition coefficient (Wildman–Crippen LogP) is 5.30. The van der Waals surface area contributed by atoms with Crippen LogP contribution in [0.3, 0.4) is 0 Å². The zero-order chi connectivity index (χ0) is 30.1. The third-order valence-corrected chi connectivity index (χ3v) is 9.14. The highest BCUT2D eigenvalue weighted by atomic mass is 32.1. The molecule has 1 aliphatic carbocycles. The standard InChI is InChI=1S/C32H32FN5O4S/c1-19-24(15-23(33)16-25(19)36-30(39)28-14-20-5-3-4-6-27(20)43-28)22-13-26(32(41)37(2)18-22)35-29-8-7-21(17-34-29)31(40)38-9-11-42-12-10-38/h7-8,13-18H,3-6,9-12H2,1-2H3,(H,34,35)(H,36,39). The van der Waals surface area contributed by atoms with Gasteiger partial charge in [0, 0.05) is 48.7 Å². The van der Waals surface area contributed by atoms with Gasteiger partial charge in [-0.05, 0) is 85.7 Å². The summed E-state index contributed by atoms with van der Waals surface area (Å²) in [5, 5.41) is 5.95. The SMILES string of the molecule is Cc1c(NC(=O)c2cc3c(s2)CCCC3)cc(F)cc1-c1cc(Nc2ccc(C(=O)N3CCOCC3)cn2)c(=O)n(C)c1. The molecular formula is C32H32FN5O4S. The van der Waals surface area contributed by atoms with E-state index in [-0.39, 0.29) is 23.1 Å². The number of fused-ring (bicyclic) bond motifs is 1. The number of anilines is 3. The molecule has 1 aliphatic heterocycles. The third-order valence-electron chi connectivity index (χ3n) is 7.91. The van der Waals surface area contributed by atoms with Gasteiger partial charge in [-0.1, -0.05) is 0 Å². The van der Waals surface area contributed by atoms with Gasteiger partial charge in [0.1, 0.15) is 17.3 Å². The fourth-order valence-corrected chi connectivity index (χ4v) is 6.67. The first kappa shape index (κ1) is 28.8. The molecule has 4 aromatic rings. The summed E-state index contributed by atoms with van der Waals surface area (Å²) in [5.41, 5.74) is 3.78. The number of thiophene rings is 1. The van der Waals surface area contributed by atoms with Crippen molar-refractivity contribution in [3.05, 3.63) is 91.4 Å². The summed E-state index contributed by atoms with van der Waals surface area (Å²) in [6.45, 7) is 3.89. The fourth-order valence-electron chi connectivity index (χ4n) is 5.53. The van der Waals surface area contributed by atoms with Crippen LogP contribution in [0.4, 0.5) is 21.6 Å². The van der Waals surface area contributed by atoms with Crippen LogP contribution < -0.4 is 16.2 Å². The molecule has 2 N–H and O–H groups in total. The second-order valence-electron chi connectivity index (χ2n) is 10.9. The van der Waals surface area contributed by atoms with E-state index in [1.165, 1.54) is 44.7 Å². The topological polar surface area (TPSA) is 106 Å². The second-order valence-corrected chi connectivity index (χ2v) is 12.0. The normalized spacial score (nSPS) is 14.7. The van der Waals surface area contributed by atoms with Crippen molar-refractivity contribution in [2.75, 3.05) is 36.9 Å². The molecule has 11 heteroatoms. The number of rotatable bonds is 6. The molecule has 0 unspecified atom stereocenters. The molecule has 0 bridgehead atoms. The molecule has 0 spiro atoms. The van der Waals surface area contributed by atoms with Crippen molar-refractivity contribution in [1.29, 1.82) is 0 Å². The smallest absolute Gasteiger partial charge is 0.274 e. The largest absolute Gasteiger partial charge is 0.378 e. The third kappa shape index (κ3) is 6.09. The summed E-state index contributed by atoms with van der Waals surface area (Å²) in [6, 6.07) is 9.60. The molecule has 3 aromatic heterocycles. The predicted molar refractivity (Wildman–Crippen MR) is 165 cm³/mol. The highest BCUT2D eigenvalue weighted by molar-refractivity contribution is 7.14. The fraction of sp³-hybridized carbons (Fsp3) is 0.312. The van der Waals surface area contributed by atoms with E-state index >= 15 is 0 Å². The lowest BCUT2D eigenvalue weighted by Crippen LogP contribution is -2.40. The maximum absolute atomic E-state index is 14.9. The molecule has 1 aromatic carbocycles. The van der Waals surface area contributed by atoms with E-state index in [4.69, 9.17) is 4.74 Å². The van der Waals surface area contributed by atoms with Crippen LogP contribution in [0.2, 0.25) is 0 Å². The minimum atomic E-state index is -0.507. The van der Waals surface area contributed by atoms with Crippen molar-refractivity contribution in [2.24, 2.45) is 7.05 Å². The van der Waals surface area contributed by atoms with Gasteiger partial charge in [0.25, 0.3) is 17.4 Å². The molecule has 4 heterocycles. The van der Waals surface area contributed by atoms with Crippen LogP contribution in [0, 0.1) is 12.7 Å². The first-order valence-electron chi connectivity index (χ1n) is 14.3. The summed E-state index contributed by atoms with van der Waals surface area (Å²) in [7, 11) is 1.62. The molecule has 9 nitrogen and oxygen atoms in total. The van der Waals surface area contributed by atoms with E-state index in [9.17, 15) is 18.8 Å². The van der Waals surface area contributed by atoms with Crippen LogP contribution in [-0.2, 0) is 24.6 Å². The molecule has 43 heavy (non-hydrogen) atoms. The average molecular weight is 602 g/mol. The lowest BCUT2D eigenvalue weighted by atomic mass is 9.99. The molecule has 6 rings (SSSR count). The summed E-state index contributed by atoms with van der Waals surface area (Å²) >= 11 is 1.51. The van der Waals surface area contributed by atoms with Crippen LogP contribution in [0.5, 0.6) is 0 Å². The number of amides is 2. The van der Waals surface area contributed by atoms with Crippen LogP contribution in [0.25, 0.3) is 11.1 Å². The summed E-state index contributed by atoms with van der Waals surface area (Å²) in [6.07, 6.45) is 7.34. The lowest BCUT2D eigenvalue weighted by molar-refractivity contribution is 0.0302. The zero-order valence-corrected chi connectivity index (χ0v) is 24.9. The molecule has 222 valence electrons. The number of morpholine rings is 1. The van der Waals surface area contributed by atoms with E-state index in [2.05, 4.69) is 15.6 Å². The number of aromatic nitrogens is 2. The first-order chi connectivity index (χ1) is 20.8. The number of nitrogens with zero attached hydrogens (tertiary/aromatic N) is 3. The molecule has 2 amide bonds. The molecule has 0 atom stereocenters. The summed E-state index contributed by atoms with van der Waals surface area (Å²) in [4.78, 5) is 46.9. The maximum Gasteiger partial charge on any atom is 0.274 e. The van der Waals surface area contributed by atoms with Crippen molar-refractivity contribution in [3.63, 3.8) is 0 Å². The Kier molecular flexibility index (Phi) is 8.09. The monoisotopic (exact) mass is 601 g/mol. The quantitative estimate of drug-likeness (QED) is 0.311. The van der Waals surface area contributed by atoms with Gasteiger partial charge in [-0.2, -0.15) is 0 Å². The van der Waals surface area contributed by atoms with Gasteiger partial charge in [-0.25, -0.2) is 9.37 Å². The van der Waals surface area contributed by atoms with Crippen LogP contribution in [0.15, 0.2) is 53.6 Å². The highest BCUT2D eigenvalue weighted by Gasteiger charge is 2.21. The van der Waals surface area contributed by atoms with Crippen molar-refractivity contribution >= 4 is 40.3 Å². The van der Waals surface area contributed by atoms with Crippen LogP contribution >= 0.6 is 11.3 Å². The van der Waals surface area contributed by atoms with E-state index in [0.29, 0.717) is 64.9 Å². The van der Waals surface area contributed by atoms with E-state index in [1.54, 1.807) is 36.3 Å². The van der Waals surface area contributed by atoms with Crippen molar-refractivity contribution < 1.29 is 18.7 Å². The van der Waals surface area contributed by atoms with Crippen LogP contribution in [-0.4, -0.2) is 52.6 Å². The Morgan fingerprint density at radius 3 is 2.58 bits per heavy atom. The van der Waals surface area contributed by atoms with Gasteiger partial charge in [0.15, 0.2) is 0 Å². The zero-order valence-electron chi connectivity index (χ0n) is 24.0. The van der Waals surface area contributed by atoms with Crippen LogP contribution in [0.1, 0.15) is 48.9 Å². The number of pyridine rings is 2. The number of aryl methyl sites for hydroxylation is 3. The Balaban J connectivity index is 1.24. The average Bonchev–Trinajstić information content (AvgIpc) is 3.46. The number of nitrogens with one attached hydrogen (secondary N) is 2. The van der Waals surface area contributed by atoms with Gasteiger partial charge in [0.2, 0.25) is 0 Å². The molecule has 0 saturated carbocycles. The minimum absolute atomic E-state index is 0.122. The summed E-state index contributed by atoms with van der Waals surface area (Å²) in [5.74, 6) is -0.505. The number of carbonyl (C=O) groups is 2. The van der Waals surface area contributed by atoms with E-state index < -0.39 is 5.82 Å². The number of carbonyl (C=O) groups excluding carboxylic acids is 2. The number of hydrogen-bond acceptors (Lipinski definition) is 7. The number of ether oxygens (including phenoxy) is 1. The van der Waals surface area contributed by atoms with Gasteiger partial charge < -0.3 is 24.8 Å². The Bertz CT molecular complexity index is 1740. The Hall–Kier alpha value is -4.35.